The van der Waals surface area contributed by atoms with E-state index in [1.165, 1.54) is 4.90 Å². The standard InChI is InChI=1S/C15H21ClN2O3/c1-11(2)17-9-3-4-14(19)18(10-15(20)21)13-7-5-12(16)6-8-13/h5-8,11,17H,3-4,9-10H2,1-2H3,(H,20,21). The number of hydrogen-bond acceptors (Lipinski definition) is 3. The number of hydrogen-bond donors (Lipinski definition) is 2. The summed E-state index contributed by atoms with van der Waals surface area (Å²) in [6, 6.07) is 6.94. The molecule has 5 nitrogen and oxygen atoms in total. The molecule has 6 heteroatoms. The second-order valence-electron chi connectivity index (χ2n) is 5.06. The van der Waals surface area contributed by atoms with Crippen molar-refractivity contribution in [3.63, 3.8) is 0 Å². The van der Waals surface area contributed by atoms with Crippen LogP contribution < -0.4 is 10.2 Å². The number of carbonyl (C=O) groups excluding carboxylic acids is 1. The van der Waals surface area contributed by atoms with Crippen LogP contribution in [-0.4, -0.2) is 36.1 Å². The van der Waals surface area contributed by atoms with Gasteiger partial charge in [-0.3, -0.25) is 9.59 Å². The second kappa shape index (κ2) is 8.64. The molecule has 1 aromatic carbocycles. The van der Waals surface area contributed by atoms with E-state index < -0.39 is 5.97 Å². The lowest BCUT2D eigenvalue weighted by Gasteiger charge is -2.21. The zero-order valence-electron chi connectivity index (χ0n) is 12.3. The van der Waals surface area contributed by atoms with Crippen LogP contribution in [-0.2, 0) is 9.59 Å². The fourth-order valence-corrected chi connectivity index (χ4v) is 1.97. The molecule has 0 unspecified atom stereocenters. The van der Waals surface area contributed by atoms with Gasteiger partial charge in [0, 0.05) is 23.2 Å². The van der Waals surface area contributed by atoms with Crippen molar-refractivity contribution in [3.8, 4) is 0 Å². The summed E-state index contributed by atoms with van der Waals surface area (Å²) in [6.07, 6.45) is 0.969. The maximum Gasteiger partial charge on any atom is 0.323 e. The van der Waals surface area contributed by atoms with Gasteiger partial charge in [0.1, 0.15) is 6.54 Å². The minimum absolute atomic E-state index is 0.203. The highest BCUT2D eigenvalue weighted by molar-refractivity contribution is 6.30. The summed E-state index contributed by atoms with van der Waals surface area (Å²) in [5, 5.41) is 12.7. The van der Waals surface area contributed by atoms with Gasteiger partial charge in [0.05, 0.1) is 0 Å². The quantitative estimate of drug-likeness (QED) is 0.724. The van der Waals surface area contributed by atoms with E-state index in [1.807, 2.05) is 13.8 Å². The van der Waals surface area contributed by atoms with Crippen LogP contribution in [0, 0.1) is 0 Å². The largest absolute Gasteiger partial charge is 0.480 e. The van der Waals surface area contributed by atoms with Gasteiger partial charge in [-0.25, -0.2) is 0 Å². The lowest BCUT2D eigenvalue weighted by Crippen LogP contribution is -2.36. The van der Waals surface area contributed by atoms with Gasteiger partial charge in [-0.15, -0.1) is 0 Å². The molecule has 21 heavy (non-hydrogen) atoms. The molecule has 0 atom stereocenters. The molecule has 0 aromatic heterocycles. The number of amides is 1. The number of nitrogens with zero attached hydrogens (tertiary/aromatic N) is 1. The number of halogens is 1. The first-order chi connectivity index (χ1) is 9.90. The molecule has 2 N–H and O–H groups in total. The Bertz CT molecular complexity index is 474. The van der Waals surface area contributed by atoms with E-state index in [1.54, 1.807) is 24.3 Å². The summed E-state index contributed by atoms with van der Waals surface area (Å²) >= 11 is 5.81. The Morgan fingerprint density at radius 2 is 1.90 bits per heavy atom. The van der Waals surface area contributed by atoms with E-state index in [9.17, 15) is 9.59 Å². The highest BCUT2D eigenvalue weighted by atomic mass is 35.5. The average Bonchev–Trinajstić information content (AvgIpc) is 2.41. The third kappa shape index (κ3) is 6.60. The van der Waals surface area contributed by atoms with Crippen molar-refractivity contribution in [2.45, 2.75) is 32.7 Å². The first-order valence-corrected chi connectivity index (χ1v) is 7.29. The number of carboxylic acid groups (broad SMARTS) is 1. The number of rotatable bonds is 8. The van der Waals surface area contributed by atoms with Crippen LogP contribution in [0.5, 0.6) is 0 Å². The van der Waals surface area contributed by atoms with Crippen LogP contribution in [0.1, 0.15) is 26.7 Å². The third-order valence-electron chi connectivity index (χ3n) is 2.85. The number of carbonyl (C=O) groups is 2. The van der Waals surface area contributed by atoms with Gasteiger partial charge in [-0.2, -0.15) is 0 Å². The molecule has 0 saturated heterocycles. The van der Waals surface area contributed by atoms with Gasteiger partial charge in [0.15, 0.2) is 0 Å². The number of nitrogens with one attached hydrogen (secondary N) is 1. The molecule has 0 spiro atoms. The van der Waals surface area contributed by atoms with Gasteiger partial charge in [0.25, 0.3) is 0 Å². The molecule has 0 radical (unpaired) electrons. The molecule has 0 fully saturated rings. The summed E-state index contributed by atoms with van der Waals surface area (Å²) in [4.78, 5) is 24.4. The maximum atomic E-state index is 12.2. The molecule has 0 aliphatic heterocycles. The molecule has 116 valence electrons. The summed E-state index contributed by atoms with van der Waals surface area (Å²) in [7, 11) is 0. The Hall–Kier alpha value is -1.59. The molecule has 1 aromatic rings. The van der Waals surface area contributed by atoms with Crippen molar-refractivity contribution in [2.24, 2.45) is 0 Å². The molecule has 1 rings (SSSR count). The van der Waals surface area contributed by atoms with Crippen LogP contribution >= 0.6 is 11.6 Å². The first-order valence-electron chi connectivity index (χ1n) is 6.91. The van der Waals surface area contributed by atoms with E-state index in [0.29, 0.717) is 29.6 Å². The number of benzene rings is 1. The summed E-state index contributed by atoms with van der Waals surface area (Å²) < 4.78 is 0. The predicted octanol–water partition coefficient (Wildman–Crippen LogP) is 2.54. The summed E-state index contributed by atoms with van der Waals surface area (Å²) in [5.41, 5.74) is 0.545. The van der Waals surface area contributed by atoms with Gasteiger partial charge in [0.2, 0.25) is 5.91 Å². The van der Waals surface area contributed by atoms with Crippen LogP contribution in [0.25, 0.3) is 0 Å². The maximum absolute atomic E-state index is 12.2. The Morgan fingerprint density at radius 3 is 2.43 bits per heavy atom. The van der Waals surface area contributed by atoms with Crippen LogP contribution in [0.15, 0.2) is 24.3 Å². The van der Waals surface area contributed by atoms with Crippen molar-refractivity contribution in [1.29, 1.82) is 0 Å². The molecule has 1 amide bonds. The second-order valence-corrected chi connectivity index (χ2v) is 5.50. The van der Waals surface area contributed by atoms with Crippen molar-refractivity contribution >= 4 is 29.2 Å². The van der Waals surface area contributed by atoms with E-state index in [2.05, 4.69) is 5.32 Å². The zero-order valence-corrected chi connectivity index (χ0v) is 13.1. The molecule has 0 aliphatic carbocycles. The van der Waals surface area contributed by atoms with Crippen LogP contribution in [0.4, 0.5) is 5.69 Å². The van der Waals surface area contributed by atoms with Gasteiger partial charge >= 0.3 is 5.97 Å². The van der Waals surface area contributed by atoms with E-state index in [0.717, 1.165) is 6.54 Å². The minimum Gasteiger partial charge on any atom is -0.480 e. The zero-order chi connectivity index (χ0) is 15.8. The molecular formula is C15H21ClN2O3. The number of carboxylic acids is 1. The summed E-state index contributed by atoms with van der Waals surface area (Å²) in [6.45, 7) is 4.45. The van der Waals surface area contributed by atoms with Crippen molar-refractivity contribution in [1.82, 2.24) is 5.32 Å². The fourth-order valence-electron chi connectivity index (χ4n) is 1.85. The lowest BCUT2D eigenvalue weighted by atomic mass is 10.2. The van der Waals surface area contributed by atoms with Crippen molar-refractivity contribution in [3.05, 3.63) is 29.3 Å². The Morgan fingerprint density at radius 1 is 1.29 bits per heavy atom. The normalized spacial score (nSPS) is 10.7. The first kappa shape index (κ1) is 17.5. The molecular weight excluding hydrogens is 292 g/mol. The number of anilines is 1. The highest BCUT2D eigenvalue weighted by Crippen LogP contribution is 2.19. The number of aliphatic carboxylic acids is 1. The SMILES string of the molecule is CC(C)NCCCC(=O)N(CC(=O)O)c1ccc(Cl)cc1. The predicted molar refractivity (Wildman–Crippen MR) is 83.8 cm³/mol. The van der Waals surface area contributed by atoms with Gasteiger partial charge < -0.3 is 15.3 Å². The minimum atomic E-state index is -1.04. The smallest absolute Gasteiger partial charge is 0.323 e. The third-order valence-corrected chi connectivity index (χ3v) is 3.10. The molecule has 0 heterocycles. The van der Waals surface area contributed by atoms with Crippen molar-refractivity contribution < 1.29 is 14.7 Å². The molecule has 0 aliphatic rings. The van der Waals surface area contributed by atoms with Crippen molar-refractivity contribution in [2.75, 3.05) is 18.0 Å². The average molecular weight is 313 g/mol. The fraction of sp³-hybridized carbons (Fsp3) is 0.467. The summed E-state index contributed by atoms with van der Waals surface area (Å²) in [5.74, 6) is -1.25. The van der Waals surface area contributed by atoms with Crippen LogP contribution in [0.3, 0.4) is 0 Å². The van der Waals surface area contributed by atoms with Crippen LogP contribution in [0.2, 0.25) is 5.02 Å². The van der Waals surface area contributed by atoms with E-state index in [4.69, 9.17) is 16.7 Å². The highest BCUT2D eigenvalue weighted by Gasteiger charge is 2.18. The monoisotopic (exact) mass is 312 g/mol. The Labute approximate surface area is 129 Å². The van der Waals surface area contributed by atoms with Gasteiger partial charge in [-0.1, -0.05) is 25.4 Å². The molecule has 0 bridgehead atoms. The van der Waals surface area contributed by atoms with E-state index >= 15 is 0 Å². The Kier molecular flexibility index (Phi) is 7.19. The topological polar surface area (TPSA) is 69.6 Å². The molecule has 0 saturated carbocycles. The van der Waals surface area contributed by atoms with Gasteiger partial charge in [-0.05, 0) is 37.2 Å². The Balaban J connectivity index is 2.66. The van der Waals surface area contributed by atoms with E-state index in [-0.39, 0.29) is 12.5 Å². The lowest BCUT2D eigenvalue weighted by molar-refractivity contribution is -0.136.